The quantitative estimate of drug-likeness (QED) is 0.718. The number of carboxylic acids is 1. The van der Waals surface area contributed by atoms with Crippen molar-refractivity contribution in [3.05, 3.63) is 0 Å². The second-order valence-corrected chi connectivity index (χ2v) is 6.19. The Balaban J connectivity index is 2.40. The molecule has 0 aliphatic heterocycles. The molecule has 0 radical (unpaired) electrons. The number of carboxylic acid groups (broad SMARTS) is 1. The number of rotatable bonds is 5. The Hall–Kier alpha value is -1.26. The highest BCUT2D eigenvalue weighted by Crippen LogP contribution is 2.26. The zero-order valence-electron chi connectivity index (χ0n) is 12.2. The smallest absolute Gasteiger partial charge is 0.315 e. The third-order valence-corrected chi connectivity index (χ3v) is 3.74. The molecule has 5 nitrogen and oxygen atoms in total. The van der Waals surface area contributed by atoms with Crippen LogP contribution in [0.1, 0.15) is 59.3 Å². The molecule has 1 aliphatic rings. The van der Waals surface area contributed by atoms with Crippen LogP contribution in [-0.2, 0) is 4.79 Å². The van der Waals surface area contributed by atoms with Gasteiger partial charge in [-0.15, -0.1) is 0 Å². The molecule has 0 bridgehead atoms. The summed E-state index contributed by atoms with van der Waals surface area (Å²) in [4.78, 5) is 22.6. The van der Waals surface area contributed by atoms with Gasteiger partial charge in [-0.2, -0.15) is 0 Å². The molecule has 1 saturated carbocycles. The summed E-state index contributed by atoms with van der Waals surface area (Å²) < 4.78 is 0. The monoisotopic (exact) mass is 270 g/mol. The van der Waals surface area contributed by atoms with Gasteiger partial charge in [0.15, 0.2) is 0 Å². The maximum atomic E-state index is 11.9. The van der Waals surface area contributed by atoms with Crippen molar-refractivity contribution >= 4 is 12.0 Å². The van der Waals surface area contributed by atoms with Crippen molar-refractivity contribution in [2.24, 2.45) is 5.92 Å². The van der Waals surface area contributed by atoms with E-state index >= 15 is 0 Å². The van der Waals surface area contributed by atoms with Crippen LogP contribution >= 0.6 is 0 Å². The minimum Gasteiger partial charge on any atom is -0.481 e. The zero-order valence-corrected chi connectivity index (χ0v) is 12.2. The Kier molecular flexibility index (Phi) is 5.63. The molecule has 3 N–H and O–H groups in total. The van der Waals surface area contributed by atoms with Gasteiger partial charge in [-0.25, -0.2) is 4.79 Å². The van der Waals surface area contributed by atoms with Crippen LogP contribution in [0.3, 0.4) is 0 Å². The molecule has 0 aromatic rings. The lowest BCUT2D eigenvalue weighted by atomic mass is 9.84. The molecular weight excluding hydrogens is 244 g/mol. The molecule has 19 heavy (non-hydrogen) atoms. The summed E-state index contributed by atoms with van der Waals surface area (Å²) in [6, 6.07) is -0.0349. The SMILES string of the molecule is CCC1CCCC(NC(=O)NC(C)(C)CC(=O)O)C1. The number of hydrogen-bond acceptors (Lipinski definition) is 2. The number of hydrogen-bond donors (Lipinski definition) is 3. The molecule has 0 spiro atoms. The van der Waals surface area contributed by atoms with Gasteiger partial charge in [0, 0.05) is 11.6 Å². The second-order valence-electron chi connectivity index (χ2n) is 6.19. The van der Waals surface area contributed by atoms with Crippen LogP contribution < -0.4 is 10.6 Å². The highest BCUT2D eigenvalue weighted by atomic mass is 16.4. The first kappa shape index (κ1) is 15.8. The number of carbonyl (C=O) groups is 2. The van der Waals surface area contributed by atoms with E-state index in [4.69, 9.17) is 5.11 Å². The lowest BCUT2D eigenvalue weighted by molar-refractivity contribution is -0.138. The molecule has 5 heteroatoms. The van der Waals surface area contributed by atoms with Gasteiger partial charge in [-0.1, -0.05) is 26.2 Å². The van der Waals surface area contributed by atoms with E-state index in [9.17, 15) is 9.59 Å². The molecule has 0 aromatic heterocycles. The van der Waals surface area contributed by atoms with E-state index in [0.717, 1.165) is 25.7 Å². The van der Waals surface area contributed by atoms with E-state index in [1.54, 1.807) is 13.8 Å². The summed E-state index contributed by atoms with van der Waals surface area (Å²) >= 11 is 0. The summed E-state index contributed by atoms with van der Waals surface area (Å²) in [6.45, 7) is 5.62. The molecule has 2 unspecified atom stereocenters. The Morgan fingerprint density at radius 1 is 1.32 bits per heavy atom. The van der Waals surface area contributed by atoms with E-state index in [2.05, 4.69) is 17.6 Å². The number of aliphatic carboxylic acids is 1. The fourth-order valence-electron chi connectivity index (χ4n) is 2.74. The Labute approximate surface area is 115 Å². The fourth-order valence-corrected chi connectivity index (χ4v) is 2.74. The number of nitrogens with one attached hydrogen (secondary N) is 2. The van der Waals surface area contributed by atoms with Crippen LogP contribution in [0.4, 0.5) is 4.79 Å². The van der Waals surface area contributed by atoms with Crippen molar-refractivity contribution in [3.8, 4) is 0 Å². The minimum atomic E-state index is -0.908. The number of amides is 2. The highest BCUT2D eigenvalue weighted by Gasteiger charge is 2.26. The normalized spacial score (nSPS) is 23.7. The van der Waals surface area contributed by atoms with Gasteiger partial charge >= 0.3 is 12.0 Å². The van der Waals surface area contributed by atoms with Crippen LogP contribution in [0.15, 0.2) is 0 Å². The van der Waals surface area contributed by atoms with Gasteiger partial charge in [0.25, 0.3) is 0 Å². The van der Waals surface area contributed by atoms with E-state index in [-0.39, 0.29) is 18.5 Å². The lowest BCUT2D eigenvalue weighted by Crippen LogP contribution is -2.52. The van der Waals surface area contributed by atoms with Gasteiger partial charge in [-0.3, -0.25) is 4.79 Å². The first-order valence-corrected chi connectivity index (χ1v) is 7.13. The average molecular weight is 270 g/mol. The maximum Gasteiger partial charge on any atom is 0.315 e. The van der Waals surface area contributed by atoms with Crippen molar-refractivity contribution in [3.63, 3.8) is 0 Å². The Morgan fingerprint density at radius 3 is 2.58 bits per heavy atom. The Morgan fingerprint density at radius 2 is 2.00 bits per heavy atom. The van der Waals surface area contributed by atoms with Crippen LogP contribution in [-0.4, -0.2) is 28.7 Å². The standard InChI is InChI=1S/C14H26N2O3/c1-4-10-6-5-7-11(8-10)15-13(19)16-14(2,3)9-12(17)18/h10-11H,4-9H2,1-3H3,(H,17,18)(H2,15,16,19). The van der Waals surface area contributed by atoms with Crippen molar-refractivity contribution in [2.45, 2.75) is 70.9 Å². The van der Waals surface area contributed by atoms with Crippen LogP contribution in [0.25, 0.3) is 0 Å². The fraction of sp³-hybridized carbons (Fsp3) is 0.857. The molecule has 1 rings (SSSR count). The van der Waals surface area contributed by atoms with Crippen LogP contribution in [0.5, 0.6) is 0 Å². The number of carbonyl (C=O) groups excluding carboxylic acids is 1. The van der Waals surface area contributed by atoms with E-state index in [1.165, 1.54) is 6.42 Å². The van der Waals surface area contributed by atoms with Crippen molar-refractivity contribution in [2.75, 3.05) is 0 Å². The van der Waals surface area contributed by atoms with Gasteiger partial charge in [0.1, 0.15) is 0 Å². The molecule has 2 atom stereocenters. The third kappa shape index (κ3) is 5.94. The van der Waals surface area contributed by atoms with Crippen molar-refractivity contribution < 1.29 is 14.7 Å². The summed E-state index contributed by atoms with van der Waals surface area (Å²) in [5.41, 5.74) is -0.727. The average Bonchev–Trinajstić information content (AvgIpc) is 2.26. The van der Waals surface area contributed by atoms with E-state index in [0.29, 0.717) is 5.92 Å². The second kappa shape index (κ2) is 6.78. The van der Waals surface area contributed by atoms with Gasteiger partial charge in [-0.05, 0) is 32.6 Å². The summed E-state index contributed by atoms with van der Waals surface area (Å²) in [5.74, 6) is -0.208. The molecule has 2 amide bonds. The maximum absolute atomic E-state index is 11.9. The highest BCUT2D eigenvalue weighted by molar-refractivity contribution is 5.76. The molecule has 1 aliphatic carbocycles. The first-order chi connectivity index (χ1) is 8.82. The van der Waals surface area contributed by atoms with Crippen molar-refractivity contribution in [1.29, 1.82) is 0 Å². The van der Waals surface area contributed by atoms with E-state index in [1.807, 2.05) is 0 Å². The lowest BCUT2D eigenvalue weighted by Gasteiger charge is -2.31. The topological polar surface area (TPSA) is 78.4 Å². The summed E-state index contributed by atoms with van der Waals surface area (Å²) in [7, 11) is 0. The summed E-state index contributed by atoms with van der Waals surface area (Å²) in [5, 5.41) is 14.5. The van der Waals surface area contributed by atoms with Crippen molar-refractivity contribution in [1.82, 2.24) is 10.6 Å². The first-order valence-electron chi connectivity index (χ1n) is 7.13. The predicted molar refractivity (Wildman–Crippen MR) is 74.0 cm³/mol. The molecule has 110 valence electrons. The van der Waals surface area contributed by atoms with Crippen LogP contribution in [0, 0.1) is 5.92 Å². The van der Waals surface area contributed by atoms with Gasteiger partial charge < -0.3 is 15.7 Å². The Bertz CT molecular complexity index is 329. The van der Waals surface area contributed by atoms with Crippen LogP contribution in [0.2, 0.25) is 0 Å². The molecule has 1 fully saturated rings. The minimum absolute atomic E-state index is 0.0807. The molecule has 0 heterocycles. The van der Waals surface area contributed by atoms with Gasteiger partial charge in [0.05, 0.1) is 6.42 Å². The zero-order chi connectivity index (χ0) is 14.5. The number of urea groups is 1. The predicted octanol–water partition coefficient (Wildman–Crippen LogP) is 2.51. The van der Waals surface area contributed by atoms with Gasteiger partial charge in [0.2, 0.25) is 0 Å². The molecular formula is C14H26N2O3. The van der Waals surface area contributed by atoms with E-state index < -0.39 is 11.5 Å². The summed E-state index contributed by atoms with van der Waals surface area (Å²) in [6.07, 6.45) is 5.53. The largest absolute Gasteiger partial charge is 0.481 e. The molecule has 0 aromatic carbocycles. The molecule has 0 saturated heterocycles. The third-order valence-electron chi connectivity index (χ3n) is 3.74.